The van der Waals surface area contributed by atoms with E-state index in [0.717, 1.165) is 22.5 Å². The number of carbonyl (C=O) groups is 1. The normalized spacial score (nSPS) is 13.5. The fourth-order valence-corrected chi connectivity index (χ4v) is 6.11. The van der Waals surface area contributed by atoms with Crippen molar-refractivity contribution in [2.24, 2.45) is 0 Å². The summed E-state index contributed by atoms with van der Waals surface area (Å²) in [5.41, 5.74) is -3.73. The van der Waals surface area contributed by atoms with Gasteiger partial charge < -0.3 is 18.7 Å². The van der Waals surface area contributed by atoms with Crippen LogP contribution in [0, 0.1) is 6.92 Å². The van der Waals surface area contributed by atoms with Crippen molar-refractivity contribution in [3.63, 3.8) is 0 Å². The van der Waals surface area contributed by atoms with Crippen LogP contribution in [0.4, 0.5) is 26.3 Å². The fourth-order valence-electron chi connectivity index (χ4n) is 5.14. The van der Waals surface area contributed by atoms with Gasteiger partial charge in [-0.1, -0.05) is 25.4 Å². The summed E-state index contributed by atoms with van der Waals surface area (Å²) < 4.78 is 91.4. The molecule has 0 amide bonds. The maximum Gasteiger partial charge on any atom is 0.416 e. The number of carbonyl (C=O) groups excluding carboxylic acids is 1. The maximum atomic E-state index is 14.0. The van der Waals surface area contributed by atoms with E-state index in [1.165, 1.54) is 19.2 Å². The third-order valence-electron chi connectivity index (χ3n) is 8.72. The predicted molar refractivity (Wildman–Crippen MR) is 172 cm³/mol. The molecule has 0 saturated carbocycles. The average Bonchev–Trinajstić information content (AvgIpc) is 3.42. The van der Waals surface area contributed by atoms with Crippen LogP contribution in [0.5, 0.6) is 5.75 Å². The molecule has 0 saturated heterocycles. The number of imidazole rings is 1. The van der Waals surface area contributed by atoms with Crippen LogP contribution < -0.4 is 10.3 Å². The minimum absolute atomic E-state index is 0.00605. The van der Waals surface area contributed by atoms with E-state index < -0.39 is 65.3 Å². The highest BCUT2D eigenvalue weighted by Crippen LogP contribution is 2.44. The number of aryl methyl sites for hydroxylation is 1. The molecule has 0 spiro atoms. The Kier molecular flexibility index (Phi) is 10.2. The molecule has 2 aromatic heterocycles. The van der Waals surface area contributed by atoms with Gasteiger partial charge in [-0.25, -0.2) is 4.98 Å². The number of nitrogens with zero attached hydrogens (tertiary/aromatic N) is 3. The van der Waals surface area contributed by atoms with E-state index >= 15 is 0 Å². The molecule has 7 nitrogen and oxygen atoms in total. The first kappa shape index (κ1) is 36.9. The van der Waals surface area contributed by atoms with Crippen LogP contribution in [0.3, 0.4) is 0 Å². The summed E-state index contributed by atoms with van der Waals surface area (Å²) >= 11 is 6.38. The molecule has 0 aliphatic rings. The van der Waals surface area contributed by atoms with Crippen LogP contribution >= 0.6 is 11.6 Å². The Morgan fingerprint density at radius 1 is 1.00 bits per heavy atom. The number of benzene rings is 2. The van der Waals surface area contributed by atoms with E-state index in [1.807, 2.05) is 0 Å². The molecule has 0 aliphatic carbocycles. The SMILES string of the molecule is COc1cc(C(=O)c2cc(Cl)cn(C(CCC(C)(C)[Si](C)(C)O)c3cc(C(F)(F)F)cc(C(F)(F)F)c3)c2=O)ccc1-n1cnc(C)c1. The van der Waals surface area contributed by atoms with Gasteiger partial charge in [0, 0.05) is 18.0 Å². The molecule has 2 heterocycles. The highest BCUT2D eigenvalue weighted by Gasteiger charge is 2.40. The molecule has 48 heavy (non-hydrogen) atoms. The Balaban J connectivity index is 1.90. The second-order valence-electron chi connectivity index (χ2n) is 12.8. The van der Waals surface area contributed by atoms with Gasteiger partial charge in [0.25, 0.3) is 5.56 Å². The summed E-state index contributed by atoms with van der Waals surface area (Å²) in [5.74, 6) is -0.536. The minimum Gasteiger partial charge on any atom is -0.495 e. The molecule has 258 valence electrons. The van der Waals surface area contributed by atoms with Crippen LogP contribution in [0.25, 0.3) is 5.69 Å². The van der Waals surface area contributed by atoms with E-state index in [2.05, 4.69) is 4.98 Å². The second-order valence-corrected chi connectivity index (χ2v) is 17.7. The number of rotatable bonds is 10. The first-order valence-corrected chi connectivity index (χ1v) is 18.0. The summed E-state index contributed by atoms with van der Waals surface area (Å²) in [6.45, 7) is 8.58. The minimum atomic E-state index is -5.14. The number of aromatic nitrogens is 3. The quantitative estimate of drug-likeness (QED) is 0.101. The van der Waals surface area contributed by atoms with Gasteiger partial charge in [0.2, 0.25) is 0 Å². The monoisotopic (exact) mass is 713 g/mol. The number of hydrogen-bond donors (Lipinski definition) is 1. The molecule has 4 rings (SSSR count). The topological polar surface area (TPSA) is 86.4 Å². The lowest BCUT2D eigenvalue weighted by Gasteiger charge is -2.36. The zero-order valence-electron chi connectivity index (χ0n) is 26.9. The van der Waals surface area contributed by atoms with E-state index in [1.54, 1.807) is 57.0 Å². The average molecular weight is 714 g/mol. The van der Waals surface area contributed by atoms with E-state index in [4.69, 9.17) is 16.3 Å². The van der Waals surface area contributed by atoms with E-state index in [-0.39, 0.29) is 35.2 Å². The summed E-state index contributed by atoms with van der Waals surface area (Å²) in [6.07, 6.45) is -5.97. The number of alkyl halides is 6. The summed E-state index contributed by atoms with van der Waals surface area (Å²) in [5, 5.41) is -0.924. The molecule has 1 N–H and O–H groups in total. The smallest absolute Gasteiger partial charge is 0.416 e. The molecular formula is C33H34ClF6N3O4Si. The van der Waals surface area contributed by atoms with Gasteiger partial charge in [-0.15, -0.1) is 0 Å². The molecule has 4 aromatic rings. The summed E-state index contributed by atoms with van der Waals surface area (Å²) in [4.78, 5) is 42.9. The molecule has 0 aliphatic heterocycles. The van der Waals surface area contributed by atoms with Gasteiger partial charge in [0.1, 0.15) is 5.75 Å². The molecule has 0 radical (unpaired) electrons. The Labute approximate surface area is 278 Å². The van der Waals surface area contributed by atoms with Gasteiger partial charge in [-0.3, -0.25) is 9.59 Å². The Bertz CT molecular complexity index is 1860. The van der Waals surface area contributed by atoms with Crippen molar-refractivity contribution < 1.29 is 40.7 Å². The van der Waals surface area contributed by atoms with E-state index in [9.17, 15) is 40.7 Å². The Hall–Kier alpha value is -3.88. The van der Waals surface area contributed by atoms with Crippen molar-refractivity contribution in [2.75, 3.05) is 7.11 Å². The maximum absolute atomic E-state index is 14.0. The zero-order valence-corrected chi connectivity index (χ0v) is 28.7. The summed E-state index contributed by atoms with van der Waals surface area (Å²) in [7, 11) is -1.53. The van der Waals surface area contributed by atoms with Crippen molar-refractivity contribution in [3.8, 4) is 11.4 Å². The number of ketones is 1. The van der Waals surface area contributed by atoms with E-state index in [0.29, 0.717) is 17.8 Å². The van der Waals surface area contributed by atoms with Crippen molar-refractivity contribution in [1.29, 1.82) is 0 Å². The molecule has 15 heteroatoms. The second kappa shape index (κ2) is 13.2. The lowest BCUT2D eigenvalue weighted by molar-refractivity contribution is -0.143. The van der Waals surface area contributed by atoms with Crippen LogP contribution in [-0.2, 0) is 12.4 Å². The Morgan fingerprint density at radius 2 is 1.60 bits per heavy atom. The molecule has 0 bridgehead atoms. The lowest BCUT2D eigenvalue weighted by atomic mass is 9.93. The van der Waals surface area contributed by atoms with Gasteiger partial charge in [-0.05, 0) is 85.9 Å². The van der Waals surface area contributed by atoms with Crippen LogP contribution in [0.15, 0.2) is 66.0 Å². The van der Waals surface area contributed by atoms with Gasteiger partial charge in [0.05, 0.1) is 52.6 Å². The lowest BCUT2D eigenvalue weighted by Crippen LogP contribution is -2.39. The van der Waals surface area contributed by atoms with Gasteiger partial charge >= 0.3 is 12.4 Å². The predicted octanol–water partition coefficient (Wildman–Crippen LogP) is 8.62. The highest BCUT2D eigenvalue weighted by atomic mass is 35.5. The Morgan fingerprint density at radius 3 is 2.10 bits per heavy atom. The third-order valence-corrected chi connectivity index (χ3v) is 12.5. The van der Waals surface area contributed by atoms with Gasteiger partial charge in [0.15, 0.2) is 14.1 Å². The molecule has 1 atom stereocenters. The number of hydrogen-bond acceptors (Lipinski definition) is 5. The zero-order chi connectivity index (χ0) is 36.0. The van der Waals surface area contributed by atoms with Crippen molar-refractivity contribution in [3.05, 3.63) is 110 Å². The molecule has 2 aromatic carbocycles. The number of ether oxygens (including phenoxy) is 1. The third kappa shape index (κ3) is 7.87. The number of halogens is 7. The largest absolute Gasteiger partial charge is 0.495 e. The first-order valence-electron chi connectivity index (χ1n) is 14.7. The van der Waals surface area contributed by atoms with Crippen molar-refractivity contribution in [1.82, 2.24) is 14.1 Å². The van der Waals surface area contributed by atoms with Crippen LogP contribution in [0.1, 0.15) is 71.0 Å². The summed E-state index contributed by atoms with van der Waals surface area (Å²) in [6, 6.07) is 5.21. The van der Waals surface area contributed by atoms with Crippen molar-refractivity contribution >= 4 is 25.7 Å². The molecule has 0 fully saturated rings. The molecule has 1 unspecified atom stereocenters. The standard InChI is InChI=1S/C33H34ClF6N3O4Si/c1-19-16-42(18-41-19)27-8-7-20(13-28(27)47-4)29(44)25-15-24(34)17-43(30(25)45)26(9-10-31(2,3)48(5,6)46)21-11-22(32(35,36)37)14-23(12-21)33(38,39)40/h7-8,11-18,26,46H,9-10H2,1-6H3. The highest BCUT2D eigenvalue weighted by molar-refractivity contribution is 6.72. The van der Waals surface area contributed by atoms with Crippen LogP contribution in [-0.4, -0.2) is 40.1 Å². The molecular weight excluding hydrogens is 680 g/mol. The van der Waals surface area contributed by atoms with Crippen molar-refractivity contribution in [2.45, 2.75) is 70.1 Å². The number of pyridine rings is 1. The first-order chi connectivity index (χ1) is 22.0. The number of methoxy groups -OCH3 is 1. The fraction of sp³-hybridized carbons (Fsp3) is 0.364. The van der Waals surface area contributed by atoms with Crippen LogP contribution in [0.2, 0.25) is 23.2 Å². The van der Waals surface area contributed by atoms with Gasteiger partial charge in [-0.2, -0.15) is 26.3 Å².